The molecule has 1 atom stereocenters. The summed E-state index contributed by atoms with van der Waals surface area (Å²) in [6.07, 6.45) is 0. The first-order valence-corrected chi connectivity index (χ1v) is 6.62. The van der Waals surface area contributed by atoms with E-state index in [-0.39, 0.29) is 11.9 Å². The van der Waals surface area contributed by atoms with E-state index in [4.69, 9.17) is 4.74 Å². The highest BCUT2D eigenvalue weighted by molar-refractivity contribution is 5.95. The monoisotopic (exact) mass is 269 g/mol. The first kappa shape index (κ1) is 14.1. The lowest BCUT2D eigenvalue weighted by atomic mass is 10.1. The molecule has 20 heavy (non-hydrogen) atoms. The Labute approximate surface area is 119 Å². The van der Waals surface area contributed by atoms with Crippen LogP contribution in [0, 0.1) is 6.92 Å². The van der Waals surface area contributed by atoms with Crippen molar-refractivity contribution in [2.24, 2.45) is 0 Å². The topological polar surface area (TPSA) is 38.3 Å². The van der Waals surface area contributed by atoms with Crippen molar-refractivity contribution in [3.63, 3.8) is 0 Å². The zero-order valence-corrected chi connectivity index (χ0v) is 12.0. The van der Waals surface area contributed by atoms with Crippen molar-refractivity contribution in [2.45, 2.75) is 19.9 Å². The summed E-state index contributed by atoms with van der Waals surface area (Å²) >= 11 is 0. The summed E-state index contributed by atoms with van der Waals surface area (Å²) < 4.78 is 5.20. The summed E-state index contributed by atoms with van der Waals surface area (Å²) in [5, 5.41) is 3.01. The van der Waals surface area contributed by atoms with Crippen LogP contribution in [-0.4, -0.2) is 13.0 Å². The molecule has 0 radical (unpaired) electrons. The fraction of sp³-hybridized carbons (Fsp3) is 0.235. The summed E-state index contributed by atoms with van der Waals surface area (Å²) in [4.78, 5) is 12.3. The molecule has 3 nitrogen and oxygen atoms in total. The Morgan fingerprint density at radius 1 is 1.15 bits per heavy atom. The number of hydrogen-bond acceptors (Lipinski definition) is 2. The molecule has 1 amide bonds. The standard InChI is InChI=1S/C17H19NO2/c1-12-7-4-5-10-16(12)17(19)18-13(2)14-8-6-9-15(11-14)20-3/h4-11,13H,1-3H3,(H,18,19)/t13-/m0/s1. The Morgan fingerprint density at radius 3 is 2.60 bits per heavy atom. The molecule has 0 bridgehead atoms. The van der Waals surface area contributed by atoms with Gasteiger partial charge in [0, 0.05) is 5.56 Å². The van der Waals surface area contributed by atoms with Crippen molar-refractivity contribution < 1.29 is 9.53 Å². The van der Waals surface area contributed by atoms with Crippen LogP contribution < -0.4 is 10.1 Å². The number of ether oxygens (including phenoxy) is 1. The number of nitrogens with one attached hydrogen (secondary N) is 1. The molecule has 0 fully saturated rings. The van der Waals surface area contributed by atoms with Crippen molar-refractivity contribution in [1.82, 2.24) is 5.32 Å². The van der Waals surface area contributed by atoms with Crippen LogP contribution in [0.2, 0.25) is 0 Å². The van der Waals surface area contributed by atoms with Gasteiger partial charge in [0.1, 0.15) is 5.75 Å². The van der Waals surface area contributed by atoms with Crippen molar-refractivity contribution in [3.8, 4) is 5.75 Å². The number of carbonyl (C=O) groups is 1. The predicted octanol–water partition coefficient (Wildman–Crippen LogP) is 3.49. The number of aryl methyl sites for hydroxylation is 1. The molecule has 2 rings (SSSR count). The zero-order valence-electron chi connectivity index (χ0n) is 12.0. The minimum atomic E-state index is -0.0720. The molecule has 0 aromatic heterocycles. The fourth-order valence-electron chi connectivity index (χ4n) is 2.10. The van der Waals surface area contributed by atoms with Gasteiger partial charge in [-0.2, -0.15) is 0 Å². The Morgan fingerprint density at radius 2 is 1.90 bits per heavy atom. The molecule has 0 saturated carbocycles. The van der Waals surface area contributed by atoms with E-state index in [0.717, 1.165) is 16.9 Å². The zero-order chi connectivity index (χ0) is 14.5. The van der Waals surface area contributed by atoms with Crippen LogP contribution in [0.25, 0.3) is 0 Å². The van der Waals surface area contributed by atoms with E-state index in [0.29, 0.717) is 5.56 Å². The summed E-state index contributed by atoms with van der Waals surface area (Å²) in [6.45, 7) is 3.90. The van der Waals surface area contributed by atoms with Gasteiger partial charge in [-0.1, -0.05) is 30.3 Å². The Hall–Kier alpha value is -2.29. The normalized spacial score (nSPS) is 11.8. The van der Waals surface area contributed by atoms with E-state index in [2.05, 4.69) is 5.32 Å². The van der Waals surface area contributed by atoms with Gasteiger partial charge in [-0.05, 0) is 43.2 Å². The maximum atomic E-state index is 12.3. The summed E-state index contributed by atoms with van der Waals surface area (Å²) in [6, 6.07) is 15.2. The number of carbonyl (C=O) groups excluding carboxylic acids is 1. The van der Waals surface area contributed by atoms with Gasteiger partial charge in [0.15, 0.2) is 0 Å². The average molecular weight is 269 g/mol. The number of rotatable bonds is 4. The minimum Gasteiger partial charge on any atom is -0.497 e. The second kappa shape index (κ2) is 6.24. The van der Waals surface area contributed by atoms with Gasteiger partial charge in [0.25, 0.3) is 5.91 Å². The SMILES string of the molecule is COc1cccc([C@H](C)NC(=O)c2ccccc2C)c1. The molecule has 0 aliphatic heterocycles. The molecule has 1 N–H and O–H groups in total. The third-order valence-electron chi connectivity index (χ3n) is 3.33. The predicted molar refractivity (Wildman–Crippen MR) is 80.1 cm³/mol. The van der Waals surface area contributed by atoms with Crippen molar-refractivity contribution >= 4 is 5.91 Å². The highest BCUT2D eigenvalue weighted by atomic mass is 16.5. The second-order valence-corrected chi connectivity index (χ2v) is 4.79. The van der Waals surface area contributed by atoms with Crippen LogP contribution in [0.1, 0.15) is 34.5 Å². The number of methoxy groups -OCH3 is 1. The van der Waals surface area contributed by atoms with Gasteiger partial charge in [0.2, 0.25) is 0 Å². The van der Waals surface area contributed by atoms with Crippen LogP contribution in [0.3, 0.4) is 0 Å². The minimum absolute atomic E-state index is 0.0570. The van der Waals surface area contributed by atoms with Crippen LogP contribution >= 0.6 is 0 Å². The van der Waals surface area contributed by atoms with Gasteiger partial charge in [-0.25, -0.2) is 0 Å². The molecule has 0 spiro atoms. The highest BCUT2D eigenvalue weighted by Crippen LogP contribution is 2.19. The maximum Gasteiger partial charge on any atom is 0.252 e. The summed E-state index contributed by atoms with van der Waals surface area (Å²) in [5.74, 6) is 0.734. The Kier molecular flexibility index (Phi) is 4.41. The molecule has 0 aliphatic rings. The summed E-state index contributed by atoms with van der Waals surface area (Å²) in [5.41, 5.74) is 2.70. The molecule has 0 aliphatic carbocycles. The average Bonchev–Trinajstić information content (AvgIpc) is 2.47. The van der Waals surface area contributed by atoms with Gasteiger partial charge in [0.05, 0.1) is 13.2 Å². The maximum absolute atomic E-state index is 12.3. The quantitative estimate of drug-likeness (QED) is 0.922. The van der Waals surface area contributed by atoms with Crippen LogP contribution in [0.5, 0.6) is 5.75 Å². The van der Waals surface area contributed by atoms with Crippen molar-refractivity contribution in [1.29, 1.82) is 0 Å². The van der Waals surface area contributed by atoms with E-state index in [1.807, 2.05) is 62.4 Å². The summed E-state index contributed by atoms with van der Waals surface area (Å²) in [7, 11) is 1.63. The van der Waals surface area contributed by atoms with E-state index >= 15 is 0 Å². The lowest BCUT2D eigenvalue weighted by Crippen LogP contribution is -2.27. The molecule has 104 valence electrons. The van der Waals surface area contributed by atoms with Gasteiger partial charge in [-0.3, -0.25) is 4.79 Å². The first-order valence-electron chi connectivity index (χ1n) is 6.62. The molecule has 2 aromatic rings. The number of amides is 1. The highest BCUT2D eigenvalue weighted by Gasteiger charge is 2.13. The molecule has 0 heterocycles. The molecule has 3 heteroatoms. The van der Waals surface area contributed by atoms with E-state index in [9.17, 15) is 4.79 Å². The molecule has 0 saturated heterocycles. The number of hydrogen-bond donors (Lipinski definition) is 1. The third kappa shape index (κ3) is 3.18. The fourth-order valence-corrected chi connectivity index (χ4v) is 2.10. The van der Waals surface area contributed by atoms with E-state index < -0.39 is 0 Å². The van der Waals surface area contributed by atoms with Gasteiger partial charge >= 0.3 is 0 Å². The van der Waals surface area contributed by atoms with Crippen molar-refractivity contribution in [3.05, 3.63) is 65.2 Å². The lowest BCUT2D eigenvalue weighted by molar-refractivity contribution is 0.0939. The van der Waals surface area contributed by atoms with Crippen molar-refractivity contribution in [2.75, 3.05) is 7.11 Å². The molecule has 2 aromatic carbocycles. The second-order valence-electron chi connectivity index (χ2n) is 4.79. The van der Waals surface area contributed by atoms with Gasteiger partial charge < -0.3 is 10.1 Å². The first-order chi connectivity index (χ1) is 9.61. The molecular weight excluding hydrogens is 250 g/mol. The van der Waals surface area contributed by atoms with Crippen LogP contribution in [0.4, 0.5) is 0 Å². The molecule has 0 unspecified atom stereocenters. The third-order valence-corrected chi connectivity index (χ3v) is 3.33. The molecular formula is C17H19NO2. The Bertz CT molecular complexity index is 607. The van der Waals surface area contributed by atoms with E-state index in [1.165, 1.54) is 0 Å². The number of benzene rings is 2. The van der Waals surface area contributed by atoms with E-state index in [1.54, 1.807) is 7.11 Å². The largest absolute Gasteiger partial charge is 0.497 e. The Balaban J connectivity index is 2.13. The smallest absolute Gasteiger partial charge is 0.252 e. The lowest BCUT2D eigenvalue weighted by Gasteiger charge is -2.16. The van der Waals surface area contributed by atoms with Crippen LogP contribution in [0.15, 0.2) is 48.5 Å². The van der Waals surface area contributed by atoms with Crippen LogP contribution in [-0.2, 0) is 0 Å². The van der Waals surface area contributed by atoms with Gasteiger partial charge in [-0.15, -0.1) is 0 Å².